The molecule has 1 aromatic heterocycles. The first-order chi connectivity index (χ1) is 11.0. The van der Waals surface area contributed by atoms with Gasteiger partial charge in [0.2, 0.25) is 5.43 Å². The standard InChI is InChI=1S/C18H20BrNO3/c1-4-6-15-16(18(22)23-5-2)17(21)14(11-20(15)3)12-7-9-13(19)10-8-12/h7-11H,4-6H2,1-3H3. The lowest BCUT2D eigenvalue weighted by Gasteiger charge is -2.15. The topological polar surface area (TPSA) is 48.3 Å². The molecule has 4 nitrogen and oxygen atoms in total. The molecule has 0 bridgehead atoms. The third-order valence-corrected chi connectivity index (χ3v) is 4.16. The van der Waals surface area contributed by atoms with Crippen molar-refractivity contribution < 1.29 is 9.53 Å². The van der Waals surface area contributed by atoms with Crippen molar-refractivity contribution in [2.45, 2.75) is 26.7 Å². The van der Waals surface area contributed by atoms with Gasteiger partial charge in [0, 0.05) is 29.0 Å². The smallest absolute Gasteiger partial charge is 0.343 e. The minimum atomic E-state index is -0.546. The minimum absolute atomic E-state index is 0.150. The van der Waals surface area contributed by atoms with Crippen molar-refractivity contribution in [2.75, 3.05) is 6.61 Å². The Kier molecular flexibility index (Phi) is 5.77. The Morgan fingerprint density at radius 3 is 2.43 bits per heavy atom. The van der Waals surface area contributed by atoms with Gasteiger partial charge in [-0.25, -0.2) is 4.79 Å². The van der Waals surface area contributed by atoms with E-state index < -0.39 is 5.97 Å². The second-order valence-corrected chi connectivity index (χ2v) is 6.20. The molecule has 2 rings (SSSR count). The van der Waals surface area contributed by atoms with Crippen molar-refractivity contribution in [3.05, 3.63) is 56.4 Å². The van der Waals surface area contributed by atoms with Gasteiger partial charge in [-0.15, -0.1) is 0 Å². The first-order valence-electron chi connectivity index (χ1n) is 7.65. The van der Waals surface area contributed by atoms with E-state index in [1.807, 2.05) is 42.8 Å². The second-order valence-electron chi connectivity index (χ2n) is 5.28. The number of pyridine rings is 1. The highest BCUT2D eigenvalue weighted by atomic mass is 79.9. The van der Waals surface area contributed by atoms with Crippen LogP contribution in [0.2, 0.25) is 0 Å². The predicted molar refractivity (Wildman–Crippen MR) is 94.8 cm³/mol. The summed E-state index contributed by atoms with van der Waals surface area (Å²) in [5.41, 5.74) is 1.88. The zero-order valence-corrected chi connectivity index (χ0v) is 15.1. The number of aryl methyl sites for hydroxylation is 1. The van der Waals surface area contributed by atoms with Gasteiger partial charge in [0.15, 0.2) is 0 Å². The molecule has 0 aliphatic carbocycles. The highest BCUT2D eigenvalue weighted by Crippen LogP contribution is 2.21. The molecule has 1 heterocycles. The molecule has 0 atom stereocenters. The fourth-order valence-corrected chi connectivity index (χ4v) is 2.82. The number of aromatic nitrogens is 1. The number of carbonyl (C=O) groups is 1. The molecular formula is C18H20BrNO3. The van der Waals surface area contributed by atoms with E-state index >= 15 is 0 Å². The van der Waals surface area contributed by atoms with E-state index in [1.165, 1.54) is 0 Å². The maximum Gasteiger partial charge on any atom is 0.343 e. The van der Waals surface area contributed by atoms with E-state index in [2.05, 4.69) is 15.9 Å². The molecule has 122 valence electrons. The molecular weight excluding hydrogens is 358 g/mol. The summed E-state index contributed by atoms with van der Waals surface area (Å²) in [4.78, 5) is 25.2. The van der Waals surface area contributed by atoms with E-state index in [1.54, 1.807) is 13.1 Å². The zero-order chi connectivity index (χ0) is 17.0. The van der Waals surface area contributed by atoms with Crippen LogP contribution in [0.3, 0.4) is 0 Å². The van der Waals surface area contributed by atoms with Crippen LogP contribution in [0, 0.1) is 0 Å². The highest BCUT2D eigenvalue weighted by molar-refractivity contribution is 9.10. The molecule has 0 N–H and O–H groups in total. The first-order valence-corrected chi connectivity index (χ1v) is 8.44. The number of nitrogens with zero attached hydrogens (tertiary/aromatic N) is 1. The molecule has 0 fully saturated rings. The number of hydrogen-bond donors (Lipinski definition) is 0. The van der Waals surface area contributed by atoms with Crippen molar-refractivity contribution in [1.29, 1.82) is 0 Å². The summed E-state index contributed by atoms with van der Waals surface area (Å²) in [5, 5.41) is 0. The van der Waals surface area contributed by atoms with Crippen molar-refractivity contribution in [2.24, 2.45) is 7.05 Å². The number of ether oxygens (including phenoxy) is 1. The van der Waals surface area contributed by atoms with Gasteiger partial charge in [-0.05, 0) is 31.0 Å². The Morgan fingerprint density at radius 2 is 1.87 bits per heavy atom. The predicted octanol–water partition coefficient (Wildman–Crippen LogP) is 3.94. The largest absolute Gasteiger partial charge is 0.462 e. The summed E-state index contributed by atoms with van der Waals surface area (Å²) >= 11 is 3.38. The molecule has 0 aliphatic rings. The average Bonchev–Trinajstić information content (AvgIpc) is 2.52. The number of hydrogen-bond acceptors (Lipinski definition) is 3. The molecule has 0 unspecified atom stereocenters. The van der Waals surface area contributed by atoms with Gasteiger partial charge in [0.25, 0.3) is 0 Å². The number of esters is 1. The van der Waals surface area contributed by atoms with Crippen LogP contribution in [-0.4, -0.2) is 17.1 Å². The molecule has 0 saturated carbocycles. The van der Waals surface area contributed by atoms with Crippen LogP contribution in [0.4, 0.5) is 0 Å². The zero-order valence-electron chi connectivity index (χ0n) is 13.6. The van der Waals surface area contributed by atoms with Crippen LogP contribution in [0.5, 0.6) is 0 Å². The highest BCUT2D eigenvalue weighted by Gasteiger charge is 2.21. The van der Waals surface area contributed by atoms with E-state index in [0.717, 1.165) is 22.2 Å². The van der Waals surface area contributed by atoms with Crippen LogP contribution in [0.25, 0.3) is 11.1 Å². The van der Waals surface area contributed by atoms with Gasteiger partial charge in [0.05, 0.1) is 6.61 Å². The molecule has 2 aromatic rings. The third-order valence-electron chi connectivity index (χ3n) is 3.63. The van der Waals surface area contributed by atoms with Crippen LogP contribution < -0.4 is 5.43 Å². The van der Waals surface area contributed by atoms with Gasteiger partial charge in [-0.2, -0.15) is 0 Å². The maximum atomic E-state index is 12.9. The van der Waals surface area contributed by atoms with E-state index in [-0.39, 0.29) is 17.6 Å². The molecule has 5 heteroatoms. The van der Waals surface area contributed by atoms with Crippen LogP contribution in [0.1, 0.15) is 36.3 Å². The van der Waals surface area contributed by atoms with Crippen LogP contribution >= 0.6 is 15.9 Å². The summed E-state index contributed by atoms with van der Waals surface area (Å²) < 4.78 is 7.89. The molecule has 0 saturated heterocycles. The Morgan fingerprint density at radius 1 is 1.22 bits per heavy atom. The van der Waals surface area contributed by atoms with Crippen molar-refractivity contribution >= 4 is 21.9 Å². The average molecular weight is 378 g/mol. The Balaban J connectivity index is 2.69. The van der Waals surface area contributed by atoms with Gasteiger partial charge < -0.3 is 9.30 Å². The Labute approximate surface area is 144 Å². The fraction of sp³-hybridized carbons (Fsp3) is 0.333. The van der Waals surface area contributed by atoms with E-state index in [0.29, 0.717) is 12.0 Å². The van der Waals surface area contributed by atoms with Crippen LogP contribution in [0.15, 0.2) is 39.7 Å². The Bertz CT molecular complexity index is 763. The van der Waals surface area contributed by atoms with Gasteiger partial charge in [-0.1, -0.05) is 41.4 Å². The molecule has 23 heavy (non-hydrogen) atoms. The number of carbonyl (C=O) groups excluding carboxylic acids is 1. The van der Waals surface area contributed by atoms with Crippen molar-refractivity contribution in [1.82, 2.24) is 4.57 Å². The molecule has 0 radical (unpaired) electrons. The summed E-state index contributed by atoms with van der Waals surface area (Å²) in [7, 11) is 1.86. The molecule has 0 spiro atoms. The second kappa shape index (κ2) is 7.59. The lowest BCUT2D eigenvalue weighted by Crippen LogP contribution is -2.25. The number of rotatable bonds is 5. The third kappa shape index (κ3) is 3.72. The first kappa shape index (κ1) is 17.5. The van der Waals surface area contributed by atoms with E-state index in [9.17, 15) is 9.59 Å². The van der Waals surface area contributed by atoms with Gasteiger partial charge in [-0.3, -0.25) is 4.79 Å². The lowest BCUT2D eigenvalue weighted by atomic mass is 10.0. The summed E-state index contributed by atoms with van der Waals surface area (Å²) in [5.74, 6) is -0.546. The lowest BCUT2D eigenvalue weighted by molar-refractivity contribution is 0.0522. The van der Waals surface area contributed by atoms with Crippen molar-refractivity contribution in [3.63, 3.8) is 0 Å². The molecule has 0 aliphatic heterocycles. The van der Waals surface area contributed by atoms with Crippen molar-refractivity contribution in [3.8, 4) is 11.1 Å². The number of halogens is 1. The van der Waals surface area contributed by atoms with Gasteiger partial charge in [0.1, 0.15) is 5.56 Å². The van der Waals surface area contributed by atoms with Gasteiger partial charge >= 0.3 is 5.97 Å². The fourth-order valence-electron chi connectivity index (χ4n) is 2.56. The summed E-state index contributed by atoms with van der Waals surface area (Å²) in [6.07, 6.45) is 3.29. The Hall–Kier alpha value is -1.88. The maximum absolute atomic E-state index is 12.9. The summed E-state index contributed by atoms with van der Waals surface area (Å²) in [6.45, 7) is 4.00. The monoisotopic (exact) mass is 377 g/mol. The molecule has 1 aromatic carbocycles. The molecule has 0 amide bonds. The van der Waals surface area contributed by atoms with E-state index in [4.69, 9.17) is 4.74 Å². The minimum Gasteiger partial charge on any atom is -0.462 e. The normalized spacial score (nSPS) is 10.6. The van der Waals surface area contributed by atoms with Crippen LogP contribution in [-0.2, 0) is 18.2 Å². The quantitative estimate of drug-likeness (QED) is 0.741. The summed E-state index contributed by atoms with van der Waals surface area (Å²) in [6, 6.07) is 7.46. The number of benzene rings is 1. The SMILES string of the molecule is CCCc1c(C(=O)OCC)c(=O)c(-c2ccc(Br)cc2)cn1C.